The molecule has 2 radical (unpaired) electrons. The Kier molecular flexibility index (Phi) is 6.31. The quantitative estimate of drug-likeness (QED) is 0.587. The topological polar surface area (TPSA) is 76.1 Å². The van der Waals surface area contributed by atoms with Crippen molar-refractivity contribution in [1.29, 1.82) is 0 Å². The Morgan fingerprint density at radius 3 is 2.45 bits per heavy atom. The van der Waals surface area contributed by atoms with Crippen molar-refractivity contribution in [2.75, 3.05) is 43.4 Å². The minimum absolute atomic E-state index is 0.232. The largest absolute Gasteiger partial charge is 0.384 e. The van der Waals surface area contributed by atoms with Crippen molar-refractivity contribution in [3.8, 4) is 11.3 Å². The summed E-state index contributed by atoms with van der Waals surface area (Å²) in [4.78, 5) is 18.1. The molecule has 2 aliphatic heterocycles. The Balaban J connectivity index is 1.35. The number of hydrogen-bond acceptors (Lipinski definition) is 6. The van der Waals surface area contributed by atoms with Crippen LogP contribution in [-0.4, -0.2) is 65.0 Å². The molecule has 170 valence electrons. The Morgan fingerprint density at radius 2 is 1.73 bits per heavy atom. The normalized spacial score (nSPS) is 17.7. The molecular formula is C24H29BFN7. The number of nitrogens with zero attached hydrogens (tertiary/aromatic N) is 6. The number of piperidine rings is 1. The number of likely N-dealkylation sites (tertiary alicyclic amines) is 1. The number of rotatable bonds is 6. The zero-order valence-electron chi connectivity index (χ0n) is 18.8. The molecule has 0 unspecified atom stereocenters. The van der Waals surface area contributed by atoms with Crippen molar-refractivity contribution < 1.29 is 4.39 Å². The molecule has 0 bridgehead atoms. The van der Waals surface area contributed by atoms with Crippen LogP contribution in [0.25, 0.3) is 11.3 Å². The Bertz CT molecular complexity index is 1090. The second-order valence-corrected chi connectivity index (χ2v) is 8.99. The van der Waals surface area contributed by atoms with Crippen LogP contribution in [0.4, 0.5) is 16.0 Å². The minimum Gasteiger partial charge on any atom is -0.384 e. The first-order chi connectivity index (χ1) is 16.1. The number of nitrogen functional groups attached to an aromatic ring is 1. The Labute approximate surface area is 195 Å². The maximum atomic E-state index is 13.4. The van der Waals surface area contributed by atoms with Crippen LogP contribution >= 0.6 is 0 Å². The van der Waals surface area contributed by atoms with Gasteiger partial charge in [-0.1, -0.05) is 0 Å². The summed E-state index contributed by atoms with van der Waals surface area (Å²) in [5, 5.41) is 0. The van der Waals surface area contributed by atoms with E-state index in [0.717, 1.165) is 56.1 Å². The highest BCUT2D eigenvalue weighted by Gasteiger charge is 2.27. The minimum atomic E-state index is -0.232. The molecule has 33 heavy (non-hydrogen) atoms. The number of hydrogen-bond donors (Lipinski definition) is 1. The lowest BCUT2D eigenvalue weighted by molar-refractivity contribution is 0.317. The summed E-state index contributed by atoms with van der Waals surface area (Å²) in [6.07, 6.45) is 8.07. The van der Waals surface area contributed by atoms with Gasteiger partial charge < -0.3 is 20.1 Å². The Hall–Kier alpha value is -2.94. The van der Waals surface area contributed by atoms with Crippen molar-refractivity contribution in [3.05, 3.63) is 48.4 Å². The zero-order valence-corrected chi connectivity index (χ0v) is 18.8. The average Bonchev–Trinajstić information content (AvgIpc) is 3.50. The number of halogens is 1. The van der Waals surface area contributed by atoms with E-state index in [4.69, 9.17) is 18.6 Å². The van der Waals surface area contributed by atoms with Crippen LogP contribution in [-0.2, 0) is 6.54 Å². The van der Waals surface area contributed by atoms with Crippen LogP contribution in [0.1, 0.15) is 37.4 Å². The molecular weight excluding hydrogens is 416 g/mol. The molecule has 2 aromatic heterocycles. The van der Waals surface area contributed by atoms with Gasteiger partial charge in [-0.25, -0.2) is 19.3 Å². The number of nitrogens with two attached hydrogens (primary N) is 1. The third-order valence-corrected chi connectivity index (χ3v) is 6.86. The highest BCUT2D eigenvalue weighted by atomic mass is 19.1. The molecule has 0 spiro atoms. The number of imidazole rings is 1. The van der Waals surface area contributed by atoms with Crippen LogP contribution < -0.4 is 16.1 Å². The molecule has 2 fully saturated rings. The third-order valence-electron chi connectivity index (χ3n) is 6.86. The first-order valence-electron chi connectivity index (χ1n) is 11.7. The van der Waals surface area contributed by atoms with Gasteiger partial charge in [-0.15, -0.1) is 0 Å². The number of anilines is 2. The predicted molar refractivity (Wildman–Crippen MR) is 129 cm³/mol. The van der Waals surface area contributed by atoms with E-state index in [0.29, 0.717) is 23.0 Å². The fourth-order valence-corrected chi connectivity index (χ4v) is 4.95. The summed E-state index contributed by atoms with van der Waals surface area (Å²) in [7, 11) is 6.12. The molecule has 0 saturated carbocycles. The van der Waals surface area contributed by atoms with Gasteiger partial charge in [0.2, 0.25) is 0 Å². The summed E-state index contributed by atoms with van der Waals surface area (Å²) in [5.41, 5.74) is 8.17. The van der Waals surface area contributed by atoms with Gasteiger partial charge in [-0.3, -0.25) is 0 Å². The predicted octanol–water partition coefficient (Wildman–Crippen LogP) is 2.33. The number of aromatic nitrogens is 4. The van der Waals surface area contributed by atoms with Gasteiger partial charge in [0, 0.05) is 43.9 Å². The molecule has 4 heterocycles. The lowest BCUT2D eigenvalue weighted by atomic mass is 9.93. The average molecular weight is 445 g/mol. The molecule has 1 aromatic carbocycles. The maximum absolute atomic E-state index is 13.4. The molecule has 7 nitrogen and oxygen atoms in total. The molecule has 0 amide bonds. The molecule has 2 saturated heterocycles. The van der Waals surface area contributed by atoms with Gasteiger partial charge in [-0.05, 0) is 68.5 Å². The van der Waals surface area contributed by atoms with Gasteiger partial charge in [0.15, 0.2) is 0 Å². The lowest BCUT2D eigenvalue weighted by Crippen LogP contribution is -2.38. The van der Waals surface area contributed by atoms with E-state index < -0.39 is 0 Å². The summed E-state index contributed by atoms with van der Waals surface area (Å²) < 4.78 is 15.8. The Morgan fingerprint density at radius 1 is 1.00 bits per heavy atom. The van der Waals surface area contributed by atoms with E-state index in [1.165, 1.54) is 44.4 Å². The van der Waals surface area contributed by atoms with Gasteiger partial charge in [0.25, 0.3) is 0 Å². The SMILES string of the molecule is [B]c1c(N)ncnc1N1CCC(c2nc(-c3ccc(F)cc3)cn2CCN2CCCC2)CC1. The summed E-state index contributed by atoms with van der Waals surface area (Å²) >= 11 is 0. The smallest absolute Gasteiger partial charge is 0.126 e. The second kappa shape index (κ2) is 9.51. The van der Waals surface area contributed by atoms with Crippen LogP contribution in [0.15, 0.2) is 36.8 Å². The third kappa shape index (κ3) is 4.73. The number of benzene rings is 1. The second-order valence-electron chi connectivity index (χ2n) is 8.99. The van der Waals surface area contributed by atoms with Crippen molar-refractivity contribution in [1.82, 2.24) is 24.4 Å². The molecule has 9 heteroatoms. The van der Waals surface area contributed by atoms with Crippen molar-refractivity contribution in [2.24, 2.45) is 0 Å². The van der Waals surface area contributed by atoms with E-state index in [9.17, 15) is 4.39 Å². The monoisotopic (exact) mass is 445 g/mol. The van der Waals surface area contributed by atoms with Crippen LogP contribution in [0.2, 0.25) is 0 Å². The molecule has 3 aromatic rings. The summed E-state index contributed by atoms with van der Waals surface area (Å²) in [6.45, 7) is 5.96. The van der Waals surface area contributed by atoms with Crippen molar-refractivity contribution >= 4 is 24.9 Å². The summed E-state index contributed by atoms with van der Waals surface area (Å²) in [5.74, 6) is 2.26. The molecule has 5 rings (SSSR count). The lowest BCUT2D eigenvalue weighted by Gasteiger charge is -2.33. The first-order valence-corrected chi connectivity index (χ1v) is 11.7. The van der Waals surface area contributed by atoms with Crippen LogP contribution in [0.3, 0.4) is 0 Å². The van der Waals surface area contributed by atoms with Crippen LogP contribution in [0.5, 0.6) is 0 Å². The van der Waals surface area contributed by atoms with Crippen molar-refractivity contribution in [2.45, 2.75) is 38.1 Å². The zero-order chi connectivity index (χ0) is 22.8. The fourth-order valence-electron chi connectivity index (χ4n) is 4.95. The highest BCUT2D eigenvalue weighted by Crippen LogP contribution is 2.31. The molecule has 0 atom stereocenters. The standard InChI is InChI=1S/C24H29BFN7/c25-21-22(27)28-16-29-24(21)32-11-7-18(8-12-32)23-30-20(17-3-5-19(26)6-4-17)15-33(23)14-13-31-9-1-2-10-31/h3-6,15-16,18H,1-2,7-14H2,(H2,27,28,29). The summed E-state index contributed by atoms with van der Waals surface area (Å²) in [6, 6.07) is 6.59. The van der Waals surface area contributed by atoms with Gasteiger partial charge in [0.05, 0.1) is 5.69 Å². The van der Waals surface area contributed by atoms with E-state index in [2.05, 4.69) is 30.5 Å². The molecule has 2 aliphatic rings. The van der Waals surface area contributed by atoms with E-state index in [1.54, 1.807) is 12.1 Å². The highest BCUT2D eigenvalue weighted by molar-refractivity contribution is 6.38. The fraction of sp³-hybridized carbons (Fsp3) is 0.458. The molecule has 0 aliphatic carbocycles. The van der Waals surface area contributed by atoms with Gasteiger partial charge in [-0.2, -0.15) is 0 Å². The molecule has 2 N–H and O–H groups in total. The van der Waals surface area contributed by atoms with Crippen LogP contribution in [0, 0.1) is 5.82 Å². The maximum Gasteiger partial charge on any atom is 0.126 e. The van der Waals surface area contributed by atoms with Gasteiger partial charge >= 0.3 is 0 Å². The van der Waals surface area contributed by atoms with E-state index in [-0.39, 0.29) is 5.82 Å². The van der Waals surface area contributed by atoms with Gasteiger partial charge in [0.1, 0.15) is 37.5 Å². The first kappa shape index (κ1) is 21.9. The van der Waals surface area contributed by atoms with E-state index >= 15 is 0 Å². The van der Waals surface area contributed by atoms with Crippen molar-refractivity contribution in [3.63, 3.8) is 0 Å². The van der Waals surface area contributed by atoms with E-state index in [1.807, 2.05) is 0 Å².